The summed E-state index contributed by atoms with van der Waals surface area (Å²) >= 11 is 0. The summed E-state index contributed by atoms with van der Waals surface area (Å²) in [5.74, 6) is -5.56. The average Bonchev–Trinajstić information content (AvgIpc) is 3.02. The summed E-state index contributed by atoms with van der Waals surface area (Å²) in [5, 5.41) is 0. The fourth-order valence-corrected chi connectivity index (χ4v) is 6.64. The van der Waals surface area contributed by atoms with Gasteiger partial charge in [-0.3, -0.25) is 0 Å². The molecule has 3 aromatic carbocycles. The highest BCUT2D eigenvalue weighted by atomic mass is 19.2. The fourth-order valence-electron chi connectivity index (χ4n) is 6.64. The van der Waals surface area contributed by atoms with E-state index < -0.39 is 34.9 Å². The Morgan fingerprint density at radius 3 is 1.58 bits per heavy atom. The second-order valence-corrected chi connectivity index (χ2v) is 11.9. The zero-order valence-electron chi connectivity index (χ0n) is 24.8. The third-order valence-electron chi connectivity index (χ3n) is 9.29. The Kier molecular flexibility index (Phi) is 9.83. The van der Waals surface area contributed by atoms with E-state index in [9.17, 15) is 17.6 Å². The van der Waals surface area contributed by atoms with E-state index in [0.717, 1.165) is 19.3 Å². The van der Waals surface area contributed by atoms with Crippen LogP contribution >= 0.6 is 0 Å². The van der Waals surface area contributed by atoms with Crippen molar-refractivity contribution in [1.82, 2.24) is 0 Å². The normalized spacial score (nSPS) is 18.9. The number of rotatable bonds is 9. The van der Waals surface area contributed by atoms with Gasteiger partial charge in [0, 0.05) is 11.1 Å². The highest BCUT2D eigenvalue weighted by Gasteiger charge is 2.28. The molecule has 0 bridgehead atoms. The SMILES string of the molecule is CCCCCc1ccc(C2CC=C(c3ccc(C4CC=C(c5ccc(CC)c(F)c5F)CC4)c(F)c3F)CC2)c(F)c1F. The molecule has 0 nitrogen and oxygen atoms in total. The van der Waals surface area contributed by atoms with E-state index in [1.54, 1.807) is 49.4 Å². The summed E-state index contributed by atoms with van der Waals surface area (Å²) in [5.41, 5.74) is 3.09. The van der Waals surface area contributed by atoms with E-state index in [0.29, 0.717) is 79.2 Å². The molecule has 43 heavy (non-hydrogen) atoms. The van der Waals surface area contributed by atoms with Gasteiger partial charge in [-0.25, -0.2) is 26.3 Å². The molecule has 0 spiro atoms. The van der Waals surface area contributed by atoms with Crippen LogP contribution in [0.15, 0.2) is 48.6 Å². The molecule has 2 unspecified atom stereocenters. The molecular formula is C37H38F6. The largest absolute Gasteiger partial charge is 0.203 e. The van der Waals surface area contributed by atoms with Crippen LogP contribution in [0, 0.1) is 34.9 Å². The van der Waals surface area contributed by atoms with Crippen molar-refractivity contribution in [3.05, 3.63) is 117 Å². The molecule has 0 N–H and O–H groups in total. The molecule has 2 aliphatic carbocycles. The summed E-state index contributed by atoms with van der Waals surface area (Å²) in [6.07, 6.45) is 9.96. The first kappa shape index (κ1) is 31.2. The standard InChI is InChI=1S/C37H38F6/c1-3-5-6-7-27-17-19-29(35(41)33(27)39)24-10-14-26(15-11-24)31-21-20-30(36(42)37(31)43)25-12-8-23(9-13-25)28-18-16-22(4-2)32(38)34(28)40/h8,14,16-21,24-25H,3-7,9-13,15H2,1-2H3. The first-order valence-electron chi connectivity index (χ1n) is 15.5. The Morgan fingerprint density at radius 2 is 1.05 bits per heavy atom. The van der Waals surface area contributed by atoms with E-state index >= 15 is 8.78 Å². The minimum atomic E-state index is -0.908. The molecule has 3 aromatic rings. The van der Waals surface area contributed by atoms with Crippen LogP contribution in [-0.2, 0) is 12.8 Å². The van der Waals surface area contributed by atoms with Crippen LogP contribution in [-0.4, -0.2) is 0 Å². The minimum absolute atomic E-state index is 0.193. The number of hydrogen-bond donors (Lipinski definition) is 0. The van der Waals surface area contributed by atoms with Crippen molar-refractivity contribution in [3.63, 3.8) is 0 Å². The van der Waals surface area contributed by atoms with E-state index in [1.165, 1.54) is 0 Å². The van der Waals surface area contributed by atoms with E-state index in [1.807, 2.05) is 6.08 Å². The van der Waals surface area contributed by atoms with Gasteiger partial charge in [-0.1, -0.05) is 75.2 Å². The van der Waals surface area contributed by atoms with Gasteiger partial charge in [-0.05, 0) is 103 Å². The van der Waals surface area contributed by atoms with Crippen molar-refractivity contribution >= 4 is 11.1 Å². The van der Waals surface area contributed by atoms with Gasteiger partial charge in [0.25, 0.3) is 0 Å². The van der Waals surface area contributed by atoms with Crippen molar-refractivity contribution in [1.29, 1.82) is 0 Å². The molecule has 0 amide bonds. The number of aryl methyl sites for hydroxylation is 2. The monoisotopic (exact) mass is 596 g/mol. The lowest BCUT2D eigenvalue weighted by Crippen LogP contribution is -2.11. The Hall–Kier alpha value is -3.28. The maximum atomic E-state index is 15.4. The van der Waals surface area contributed by atoms with Crippen LogP contribution in [0.25, 0.3) is 11.1 Å². The van der Waals surface area contributed by atoms with Crippen LogP contribution in [0.3, 0.4) is 0 Å². The highest BCUT2D eigenvalue weighted by Crippen LogP contribution is 2.42. The smallest absolute Gasteiger partial charge is 0.166 e. The molecule has 2 atom stereocenters. The van der Waals surface area contributed by atoms with E-state index in [-0.39, 0.29) is 28.5 Å². The zero-order valence-corrected chi connectivity index (χ0v) is 24.8. The molecule has 0 radical (unpaired) electrons. The Labute approximate surface area is 250 Å². The van der Waals surface area contributed by atoms with Crippen LogP contribution < -0.4 is 0 Å². The van der Waals surface area contributed by atoms with Crippen molar-refractivity contribution in [3.8, 4) is 0 Å². The molecule has 0 saturated heterocycles. The topological polar surface area (TPSA) is 0 Å². The lowest BCUT2D eigenvalue weighted by atomic mass is 9.80. The Balaban J connectivity index is 1.28. The maximum Gasteiger partial charge on any atom is 0.166 e. The van der Waals surface area contributed by atoms with Gasteiger partial charge >= 0.3 is 0 Å². The van der Waals surface area contributed by atoms with Gasteiger partial charge in [0.2, 0.25) is 0 Å². The van der Waals surface area contributed by atoms with Crippen LogP contribution in [0.5, 0.6) is 0 Å². The lowest BCUT2D eigenvalue weighted by Gasteiger charge is -2.26. The quantitative estimate of drug-likeness (QED) is 0.170. The minimum Gasteiger partial charge on any atom is -0.203 e. The first-order chi connectivity index (χ1) is 20.7. The highest BCUT2D eigenvalue weighted by molar-refractivity contribution is 5.69. The molecule has 0 heterocycles. The summed E-state index contributed by atoms with van der Waals surface area (Å²) in [7, 11) is 0. The predicted molar refractivity (Wildman–Crippen MR) is 161 cm³/mol. The first-order valence-corrected chi connectivity index (χ1v) is 15.5. The van der Waals surface area contributed by atoms with Crippen molar-refractivity contribution < 1.29 is 26.3 Å². The van der Waals surface area contributed by atoms with Gasteiger partial charge < -0.3 is 0 Å². The summed E-state index contributed by atoms with van der Waals surface area (Å²) in [6, 6.07) is 9.76. The van der Waals surface area contributed by atoms with Crippen LogP contribution in [0.4, 0.5) is 26.3 Å². The maximum absolute atomic E-state index is 15.4. The molecule has 0 saturated carbocycles. The van der Waals surface area contributed by atoms with E-state index in [2.05, 4.69) is 6.92 Å². The fraction of sp³-hybridized carbons (Fsp3) is 0.405. The summed E-state index contributed by atoms with van der Waals surface area (Å²) in [6.45, 7) is 3.83. The molecule has 0 aliphatic heterocycles. The van der Waals surface area contributed by atoms with Crippen molar-refractivity contribution in [2.75, 3.05) is 0 Å². The molecule has 228 valence electrons. The van der Waals surface area contributed by atoms with Gasteiger partial charge in [-0.2, -0.15) is 0 Å². The van der Waals surface area contributed by atoms with Gasteiger partial charge in [0.1, 0.15) is 0 Å². The average molecular weight is 597 g/mol. The zero-order chi connectivity index (χ0) is 30.7. The third-order valence-corrected chi connectivity index (χ3v) is 9.29. The molecule has 0 fully saturated rings. The lowest BCUT2D eigenvalue weighted by molar-refractivity contribution is 0.469. The molecule has 0 aromatic heterocycles. The molecular weight excluding hydrogens is 558 g/mol. The van der Waals surface area contributed by atoms with Gasteiger partial charge in [0.15, 0.2) is 34.9 Å². The van der Waals surface area contributed by atoms with Crippen molar-refractivity contribution in [2.45, 2.75) is 96.3 Å². The van der Waals surface area contributed by atoms with E-state index in [4.69, 9.17) is 0 Å². The van der Waals surface area contributed by atoms with Gasteiger partial charge in [-0.15, -0.1) is 0 Å². The second-order valence-electron chi connectivity index (χ2n) is 11.9. The van der Waals surface area contributed by atoms with Gasteiger partial charge in [0.05, 0.1) is 0 Å². The number of allylic oxidation sites excluding steroid dienone is 4. The predicted octanol–water partition coefficient (Wildman–Crippen LogP) is 11.5. The number of hydrogen-bond acceptors (Lipinski definition) is 0. The van der Waals surface area contributed by atoms with Crippen LogP contribution in [0.2, 0.25) is 0 Å². The summed E-state index contributed by atoms with van der Waals surface area (Å²) in [4.78, 5) is 0. The summed E-state index contributed by atoms with van der Waals surface area (Å²) < 4.78 is 89.4. The Bertz CT molecular complexity index is 1550. The number of halogens is 6. The molecule has 5 rings (SSSR count). The molecule has 6 heteroatoms. The third kappa shape index (κ3) is 6.34. The Morgan fingerprint density at radius 1 is 0.558 bits per heavy atom. The molecule has 2 aliphatic rings. The number of benzene rings is 3. The van der Waals surface area contributed by atoms with Crippen molar-refractivity contribution in [2.24, 2.45) is 0 Å². The second kappa shape index (κ2) is 13.6. The van der Waals surface area contributed by atoms with Crippen LogP contribution in [0.1, 0.15) is 117 Å². The number of unbranched alkanes of at least 4 members (excludes halogenated alkanes) is 2.